The number of hydrogen-bond acceptors (Lipinski definition) is 7. The van der Waals surface area contributed by atoms with Crippen LogP contribution < -0.4 is 15.4 Å². The SMILES string of the molecule is Cc1ccc(OCc2nnc(C(=O)Nc3cccc(C(=O)N[C@H](C)Cc4ccco4)c3)s2)cc1. The van der Waals surface area contributed by atoms with Gasteiger partial charge in [-0.25, -0.2) is 0 Å². The number of carbonyl (C=O) groups is 2. The van der Waals surface area contributed by atoms with Gasteiger partial charge in [-0.05, 0) is 56.3 Å². The van der Waals surface area contributed by atoms with E-state index in [-0.39, 0.29) is 23.6 Å². The first-order valence-corrected chi connectivity index (χ1v) is 11.5. The van der Waals surface area contributed by atoms with Crippen LogP contribution in [0.4, 0.5) is 5.69 Å². The summed E-state index contributed by atoms with van der Waals surface area (Å²) in [6.45, 7) is 4.13. The van der Waals surface area contributed by atoms with Gasteiger partial charge in [0.1, 0.15) is 18.1 Å². The summed E-state index contributed by atoms with van der Waals surface area (Å²) in [5.41, 5.74) is 2.07. The molecule has 2 N–H and O–H groups in total. The molecule has 2 aromatic heterocycles. The maximum absolute atomic E-state index is 12.6. The third-order valence-corrected chi connectivity index (χ3v) is 5.79. The van der Waals surface area contributed by atoms with Gasteiger partial charge in [-0.15, -0.1) is 10.2 Å². The molecule has 0 unspecified atom stereocenters. The lowest BCUT2D eigenvalue weighted by atomic mass is 10.1. The Morgan fingerprint density at radius 2 is 1.88 bits per heavy atom. The zero-order valence-electron chi connectivity index (χ0n) is 18.8. The van der Waals surface area contributed by atoms with Crippen molar-refractivity contribution in [1.29, 1.82) is 0 Å². The number of hydrogen-bond donors (Lipinski definition) is 2. The van der Waals surface area contributed by atoms with Crippen LogP contribution in [0.5, 0.6) is 5.75 Å². The molecule has 0 radical (unpaired) electrons. The van der Waals surface area contributed by atoms with E-state index in [4.69, 9.17) is 9.15 Å². The Kier molecular flexibility index (Phi) is 7.34. The number of carbonyl (C=O) groups excluding carboxylic acids is 2. The minimum Gasteiger partial charge on any atom is -0.486 e. The minimum absolute atomic E-state index is 0.112. The van der Waals surface area contributed by atoms with E-state index in [1.807, 2.05) is 50.2 Å². The van der Waals surface area contributed by atoms with Gasteiger partial charge in [-0.1, -0.05) is 35.1 Å². The molecule has 0 bridgehead atoms. The van der Waals surface area contributed by atoms with E-state index in [0.29, 0.717) is 22.7 Å². The normalized spacial score (nSPS) is 11.6. The van der Waals surface area contributed by atoms with Crippen LogP contribution in [0.25, 0.3) is 0 Å². The summed E-state index contributed by atoms with van der Waals surface area (Å²) in [5.74, 6) is 0.888. The summed E-state index contributed by atoms with van der Waals surface area (Å²) in [6.07, 6.45) is 2.19. The number of benzene rings is 2. The number of amides is 2. The molecule has 2 aromatic carbocycles. The molecule has 2 heterocycles. The summed E-state index contributed by atoms with van der Waals surface area (Å²) < 4.78 is 11.0. The molecule has 0 aliphatic rings. The highest BCUT2D eigenvalue weighted by atomic mass is 32.1. The summed E-state index contributed by atoms with van der Waals surface area (Å²) in [7, 11) is 0. The summed E-state index contributed by atoms with van der Waals surface area (Å²) >= 11 is 1.16. The predicted octanol–water partition coefficient (Wildman–Crippen LogP) is 4.63. The van der Waals surface area contributed by atoms with Crippen molar-refractivity contribution in [2.24, 2.45) is 0 Å². The standard InChI is InChI=1S/C25H24N4O4S/c1-16-8-10-20(11-9-16)33-15-22-28-29-25(34-22)24(31)27-19-6-3-5-18(14-19)23(30)26-17(2)13-21-7-4-12-32-21/h3-12,14,17H,13,15H2,1-2H3,(H,26,30)(H,27,31)/t17-/m1/s1. The number of aryl methyl sites for hydroxylation is 1. The first-order chi connectivity index (χ1) is 16.5. The van der Waals surface area contributed by atoms with Crippen LogP contribution in [0, 0.1) is 6.92 Å². The Labute approximate surface area is 201 Å². The predicted molar refractivity (Wildman–Crippen MR) is 129 cm³/mol. The Bertz CT molecular complexity index is 1250. The maximum atomic E-state index is 12.6. The number of aromatic nitrogens is 2. The summed E-state index contributed by atoms with van der Waals surface area (Å²) in [4.78, 5) is 25.2. The van der Waals surface area contributed by atoms with Gasteiger partial charge in [0.15, 0.2) is 5.01 Å². The maximum Gasteiger partial charge on any atom is 0.286 e. The molecule has 4 rings (SSSR count). The molecule has 1 atom stereocenters. The monoisotopic (exact) mass is 476 g/mol. The van der Waals surface area contributed by atoms with Gasteiger partial charge in [0.2, 0.25) is 5.01 Å². The van der Waals surface area contributed by atoms with Crippen molar-refractivity contribution < 1.29 is 18.7 Å². The number of furan rings is 1. The second-order valence-electron chi connectivity index (χ2n) is 7.80. The van der Waals surface area contributed by atoms with Gasteiger partial charge in [0.25, 0.3) is 11.8 Å². The highest BCUT2D eigenvalue weighted by molar-refractivity contribution is 7.13. The first kappa shape index (κ1) is 23.2. The molecular weight excluding hydrogens is 452 g/mol. The second-order valence-corrected chi connectivity index (χ2v) is 8.86. The van der Waals surface area contributed by atoms with Gasteiger partial charge in [0, 0.05) is 23.7 Å². The molecule has 174 valence electrons. The Balaban J connectivity index is 1.32. The number of anilines is 1. The van der Waals surface area contributed by atoms with Crippen LogP contribution in [-0.2, 0) is 13.0 Å². The average molecular weight is 477 g/mol. The zero-order chi connectivity index (χ0) is 23.9. The topological polar surface area (TPSA) is 106 Å². The third-order valence-electron chi connectivity index (χ3n) is 4.89. The quantitative estimate of drug-likeness (QED) is 0.365. The number of rotatable bonds is 9. The smallest absolute Gasteiger partial charge is 0.286 e. The van der Waals surface area contributed by atoms with E-state index in [1.165, 1.54) is 0 Å². The van der Waals surface area contributed by atoms with Gasteiger partial charge in [-0.2, -0.15) is 0 Å². The highest BCUT2D eigenvalue weighted by Crippen LogP contribution is 2.18. The first-order valence-electron chi connectivity index (χ1n) is 10.7. The van der Waals surface area contributed by atoms with Crippen LogP contribution in [0.1, 0.15) is 43.4 Å². The molecule has 34 heavy (non-hydrogen) atoms. The lowest BCUT2D eigenvalue weighted by Crippen LogP contribution is -2.34. The average Bonchev–Trinajstić information content (AvgIpc) is 3.51. The van der Waals surface area contributed by atoms with Crippen molar-refractivity contribution in [3.05, 3.63) is 93.8 Å². The Hall–Kier alpha value is -3.98. The Morgan fingerprint density at radius 1 is 1.06 bits per heavy atom. The molecule has 0 spiro atoms. The van der Waals surface area contributed by atoms with Crippen molar-refractivity contribution in [1.82, 2.24) is 15.5 Å². The fourth-order valence-corrected chi connectivity index (χ4v) is 3.84. The van der Waals surface area contributed by atoms with Gasteiger partial charge >= 0.3 is 0 Å². The van der Waals surface area contributed by atoms with E-state index in [9.17, 15) is 9.59 Å². The van der Waals surface area contributed by atoms with Crippen molar-refractivity contribution in [2.75, 3.05) is 5.32 Å². The number of nitrogens with zero attached hydrogens (tertiary/aromatic N) is 2. The molecule has 4 aromatic rings. The van der Waals surface area contributed by atoms with Crippen LogP contribution in [0.2, 0.25) is 0 Å². The van der Waals surface area contributed by atoms with Gasteiger partial charge < -0.3 is 19.8 Å². The molecular formula is C25H24N4O4S. The lowest BCUT2D eigenvalue weighted by Gasteiger charge is -2.13. The van der Waals surface area contributed by atoms with Crippen molar-refractivity contribution in [2.45, 2.75) is 32.9 Å². The molecule has 0 saturated heterocycles. The molecule has 0 aliphatic heterocycles. The fraction of sp³-hybridized carbons (Fsp3) is 0.200. The largest absolute Gasteiger partial charge is 0.486 e. The van der Waals surface area contributed by atoms with Crippen LogP contribution in [0.15, 0.2) is 71.3 Å². The van der Waals surface area contributed by atoms with Crippen LogP contribution >= 0.6 is 11.3 Å². The second kappa shape index (κ2) is 10.8. The Morgan fingerprint density at radius 3 is 2.65 bits per heavy atom. The summed E-state index contributed by atoms with van der Waals surface area (Å²) in [6, 6.07) is 18.0. The third kappa shape index (κ3) is 6.29. The van der Waals surface area contributed by atoms with E-state index in [2.05, 4.69) is 20.8 Å². The van der Waals surface area contributed by atoms with Crippen molar-refractivity contribution >= 4 is 28.8 Å². The zero-order valence-corrected chi connectivity index (χ0v) is 19.6. The summed E-state index contributed by atoms with van der Waals surface area (Å²) in [5, 5.41) is 14.5. The van der Waals surface area contributed by atoms with Crippen LogP contribution in [0.3, 0.4) is 0 Å². The molecule has 9 heteroatoms. The van der Waals surface area contributed by atoms with Gasteiger partial charge in [0.05, 0.1) is 6.26 Å². The van der Waals surface area contributed by atoms with E-state index >= 15 is 0 Å². The van der Waals surface area contributed by atoms with Crippen molar-refractivity contribution in [3.8, 4) is 5.75 Å². The molecule has 0 fully saturated rings. The molecule has 0 saturated carbocycles. The molecule has 2 amide bonds. The van der Waals surface area contributed by atoms with E-state index in [1.54, 1.807) is 30.5 Å². The number of nitrogens with one attached hydrogen (secondary N) is 2. The molecule has 8 nitrogen and oxygen atoms in total. The van der Waals surface area contributed by atoms with E-state index < -0.39 is 5.91 Å². The van der Waals surface area contributed by atoms with Crippen molar-refractivity contribution in [3.63, 3.8) is 0 Å². The van der Waals surface area contributed by atoms with Crippen LogP contribution in [-0.4, -0.2) is 28.1 Å². The molecule has 0 aliphatic carbocycles. The highest BCUT2D eigenvalue weighted by Gasteiger charge is 2.16. The minimum atomic E-state index is -0.400. The number of ether oxygens (including phenoxy) is 1. The fourth-order valence-electron chi connectivity index (χ4n) is 3.19. The van der Waals surface area contributed by atoms with Gasteiger partial charge in [-0.3, -0.25) is 9.59 Å². The van der Waals surface area contributed by atoms with E-state index in [0.717, 1.165) is 28.4 Å². The lowest BCUT2D eigenvalue weighted by molar-refractivity contribution is 0.0938.